The Morgan fingerprint density at radius 2 is 2.15 bits per heavy atom. The van der Waals surface area contributed by atoms with E-state index in [4.69, 9.17) is 0 Å². The topological polar surface area (TPSA) is 49.3 Å². The Kier molecular flexibility index (Phi) is 5.49. The molecule has 112 valence electrons. The van der Waals surface area contributed by atoms with Crippen molar-refractivity contribution in [1.29, 1.82) is 0 Å². The third kappa shape index (κ3) is 4.28. The summed E-state index contributed by atoms with van der Waals surface area (Å²) in [5.74, 6) is -0.300. The molecular formula is C13H20F2N4O. The number of amides is 1. The summed E-state index contributed by atoms with van der Waals surface area (Å²) in [6.45, 7) is 4.72. The third-order valence-corrected chi connectivity index (χ3v) is 3.32. The van der Waals surface area contributed by atoms with E-state index in [0.29, 0.717) is 6.54 Å². The van der Waals surface area contributed by atoms with Crippen molar-refractivity contribution in [3.05, 3.63) is 24.0 Å². The van der Waals surface area contributed by atoms with Crippen molar-refractivity contribution in [1.82, 2.24) is 20.1 Å². The van der Waals surface area contributed by atoms with E-state index >= 15 is 0 Å². The second kappa shape index (κ2) is 7.35. The zero-order valence-corrected chi connectivity index (χ0v) is 11.3. The van der Waals surface area contributed by atoms with Gasteiger partial charge in [0.1, 0.15) is 5.69 Å². The number of carbonyl (C=O) groups excluding carboxylic acids is 1. The monoisotopic (exact) mass is 286 g/mol. The minimum Gasteiger partial charge on any atom is -0.349 e. The Morgan fingerprint density at radius 1 is 1.40 bits per heavy atom. The molecule has 1 aromatic rings. The van der Waals surface area contributed by atoms with Crippen LogP contribution in [-0.4, -0.2) is 61.1 Å². The van der Waals surface area contributed by atoms with Gasteiger partial charge in [-0.05, 0) is 12.1 Å². The molecule has 0 bridgehead atoms. The number of carbonyl (C=O) groups is 1. The minimum absolute atomic E-state index is 0.283. The molecule has 0 spiro atoms. The van der Waals surface area contributed by atoms with E-state index in [1.54, 1.807) is 12.1 Å². The van der Waals surface area contributed by atoms with Crippen LogP contribution in [0.2, 0.25) is 0 Å². The predicted molar refractivity (Wildman–Crippen MR) is 72.1 cm³/mol. The van der Waals surface area contributed by atoms with Gasteiger partial charge in [-0.2, -0.15) is 0 Å². The largest absolute Gasteiger partial charge is 0.349 e. The van der Waals surface area contributed by atoms with Crippen molar-refractivity contribution < 1.29 is 13.6 Å². The maximum absolute atomic E-state index is 12.4. The second-order valence-electron chi connectivity index (χ2n) is 4.78. The Labute approximate surface area is 116 Å². The lowest BCUT2D eigenvalue weighted by molar-refractivity contribution is 0.0924. The quantitative estimate of drug-likeness (QED) is 0.795. The van der Waals surface area contributed by atoms with Crippen LogP contribution in [0.5, 0.6) is 0 Å². The lowest BCUT2D eigenvalue weighted by Gasteiger charge is -2.27. The molecule has 1 saturated heterocycles. The molecule has 1 fully saturated rings. The predicted octanol–water partition coefficient (Wildman–Crippen LogP) is 0.388. The van der Waals surface area contributed by atoms with E-state index in [1.165, 1.54) is 10.8 Å². The summed E-state index contributed by atoms with van der Waals surface area (Å²) in [6.07, 6.45) is -0.966. The number of nitrogens with one attached hydrogen (secondary N) is 2. The molecule has 1 aliphatic rings. The van der Waals surface area contributed by atoms with Gasteiger partial charge in [0.05, 0.1) is 6.54 Å². The van der Waals surface area contributed by atoms with Crippen molar-refractivity contribution in [3.63, 3.8) is 0 Å². The molecule has 1 amide bonds. The molecule has 2 heterocycles. The van der Waals surface area contributed by atoms with Crippen molar-refractivity contribution in [2.24, 2.45) is 0 Å². The lowest BCUT2D eigenvalue weighted by Crippen LogP contribution is -2.46. The van der Waals surface area contributed by atoms with Crippen LogP contribution in [0.1, 0.15) is 10.5 Å². The number of nitrogens with zero attached hydrogens (tertiary/aromatic N) is 2. The number of hydrogen-bond acceptors (Lipinski definition) is 3. The number of alkyl halides is 2. The average Bonchev–Trinajstić information content (AvgIpc) is 2.87. The summed E-state index contributed by atoms with van der Waals surface area (Å²) in [4.78, 5) is 14.2. The highest BCUT2D eigenvalue weighted by atomic mass is 19.3. The van der Waals surface area contributed by atoms with Gasteiger partial charge in [-0.15, -0.1) is 0 Å². The number of halogens is 2. The summed E-state index contributed by atoms with van der Waals surface area (Å²) < 4.78 is 26.0. The molecule has 0 unspecified atom stereocenters. The maximum Gasteiger partial charge on any atom is 0.267 e. The Hall–Kier alpha value is -1.47. The highest BCUT2D eigenvalue weighted by molar-refractivity contribution is 5.92. The molecule has 0 atom stereocenters. The van der Waals surface area contributed by atoms with E-state index in [2.05, 4.69) is 15.5 Å². The fourth-order valence-electron chi connectivity index (χ4n) is 2.28. The molecular weight excluding hydrogens is 266 g/mol. The smallest absolute Gasteiger partial charge is 0.267 e. The summed E-state index contributed by atoms with van der Waals surface area (Å²) in [6, 6.07) is 3.16. The summed E-state index contributed by atoms with van der Waals surface area (Å²) in [7, 11) is 0. The first kappa shape index (κ1) is 14.9. The minimum atomic E-state index is -2.46. The number of hydrogen-bond donors (Lipinski definition) is 2. The van der Waals surface area contributed by atoms with Gasteiger partial charge in [-0.1, -0.05) is 0 Å². The van der Waals surface area contributed by atoms with Crippen LogP contribution in [0.3, 0.4) is 0 Å². The van der Waals surface area contributed by atoms with Gasteiger partial charge in [0.25, 0.3) is 12.3 Å². The van der Waals surface area contributed by atoms with E-state index in [9.17, 15) is 13.6 Å². The molecule has 20 heavy (non-hydrogen) atoms. The molecule has 2 N–H and O–H groups in total. The van der Waals surface area contributed by atoms with Gasteiger partial charge in [0.15, 0.2) is 0 Å². The van der Waals surface area contributed by atoms with Crippen LogP contribution in [0.15, 0.2) is 18.3 Å². The molecule has 0 aromatic carbocycles. The Balaban J connectivity index is 1.78. The van der Waals surface area contributed by atoms with Crippen LogP contribution < -0.4 is 10.6 Å². The number of aromatic nitrogens is 1. The highest BCUT2D eigenvalue weighted by Gasteiger charge is 2.14. The second-order valence-corrected chi connectivity index (χ2v) is 4.78. The van der Waals surface area contributed by atoms with E-state index in [1.807, 2.05) is 0 Å². The van der Waals surface area contributed by atoms with Crippen LogP contribution >= 0.6 is 0 Å². The van der Waals surface area contributed by atoms with Crippen LogP contribution in [0.25, 0.3) is 0 Å². The molecule has 5 nitrogen and oxygen atoms in total. The van der Waals surface area contributed by atoms with Crippen molar-refractivity contribution >= 4 is 5.91 Å². The summed E-state index contributed by atoms with van der Waals surface area (Å²) >= 11 is 0. The number of rotatable bonds is 6. The van der Waals surface area contributed by atoms with Crippen molar-refractivity contribution in [3.8, 4) is 0 Å². The van der Waals surface area contributed by atoms with E-state index in [0.717, 1.165) is 32.7 Å². The summed E-state index contributed by atoms with van der Waals surface area (Å²) in [5, 5.41) is 6.04. The molecule has 7 heteroatoms. The van der Waals surface area contributed by atoms with E-state index < -0.39 is 13.0 Å². The molecule has 0 radical (unpaired) electrons. The first-order chi connectivity index (χ1) is 9.66. The third-order valence-electron chi connectivity index (χ3n) is 3.32. The van der Waals surface area contributed by atoms with E-state index in [-0.39, 0.29) is 11.6 Å². The van der Waals surface area contributed by atoms with Crippen molar-refractivity contribution in [2.45, 2.75) is 13.0 Å². The van der Waals surface area contributed by atoms with Crippen LogP contribution in [0.4, 0.5) is 8.78 Å². The Morgan fingerprint density at radius 3 is 2.85 bits per heavy atom. The molecule has 2 rings (SSSR count). The number of piperazine rings is 1. The van der Waals surface area contributed by atoms with Gasteiger partial charge in [-0.25, -0.2) is 8.78 Å². The van der Waals surface area contributed by atoms with Crippen molar-refractivity contribution in [2.75, 3.05) is 39.3 Å². The average molecular weight is 286 g/mol. The normalized spacial score (nSPS) is 16.6. The first-order valence-electron chi connectivity index (χ1n) is 6.81. The van der Waals surface area contributed by atoms with Gasteiger partial charge < -0.3 is 15.2 Å². The SMILES string of the molecule is O=C(NCCN1CCNCC1)c1cccn1CC(F)F. The maximum atomic E-state index is 12.4. The van der Waals surface area contributed by atoms with Gasteiger partial charge >= 0.3 is 0 Å². The fraction of sp³-hybridized carbons (Fsp3) is 0.615. The van der Waals surface area contributed by atoms with Gasteiger partial charge in [0, 0.05) is 45.5 Å². The van der Waals surface area contributed by atoms with Crippen LogP contribution in [-0.2, 0) is 6.54 Å². The zero-order chi connectivity index (χ0) is 14.4. The molecule has 0 saturated carbocycles. The Bertz CT molecular complexity index is 430. The van der Waals surface area contributed by atoms with Gasteiger partial charge in [0.2, 0.25) is 0 Å². The lowest BCUT2D eigenvalue weighted by atomic mass is 10.3. The molecule has 0 aliphatic carbocycles. The highest BCUT2D eigenvalue weighted by Crippen LogP contribution is 2.06. The fourth-order valence-corrected chi connectivity index (χ4v) is 2.28. The van der Waals surface area contributed by atoms with Gasteiger partial charge in [-0.3, -0.25) is 9.69 Å². The van der Waals surface area contributed by atoms with Crippen LogP contribution in [0, 0.1) is 0 Å². The zero-order valence-electron chi connectivity index (χ0n) is 11.3. The molecule has 1 aliphatic heterocycles. The summed E-state index contributed by atoms with van der Waals surface area (Å²) in [5.41, 5.74) is 0.283. The molecule has 1 aromatic heterocycles. The first-order valence-corrected chi connectivity index (χ1v) is 6.81. The standard InChI is InChI=1S/C13H20F2N4O/c14-12(15)10-19-6-1-2-11(19)13(20)17-5-9-18-7-3-16-4-8-18/h1-2,6,12,16H,3-5,7-10H2,(H,17,20).